The number of anilines is 2. The first kappa shape index (κ1) is 17.0. The number of pyridine rings is 1. The lowest BCUT2D eigenvalue weighted by Crippen LogP contribution is -1.99. The van der Waals surface area contributed by atoms with Crippen LogP contribution < -0.4 is 10.1 Å². The second-order valence-electron chi connectivity index (χ2n) is 5.14. The third-order valence-electron chi connectivity index (χ3n) is 3.65. The SMILES string of the molecule is COc1cc(Nc2c(C#N)cnc3cc(C=O)ccc23)c(Cl)cc1Cl. The van der Waals surface area contributed by atoms with Gasteiger partial charge in [-0.15, -0.1) is 0 Å². The Morgan fingerprint density at radius 2 is 2.04 bits per heavy atom. The molecule has 0 bridgehead atoms. The number of hydrogen-bond donors (Lipinski definition) is 1. The predicted molar refractivity (Wildman–Crippen MR) is 98.1 cm³/mol. The van der Waals surface area contributed by atoms with Crippen LogP contribution in [0.25, 0.3) is 10.9 Å². The number of carbonyl (C=O) groups excluding carboxylic acids is 1. The number of nitriles is 1. The maximum Gasteiger partial charge on any atom is 0.150 e. The summed E-state index contributed by atoms with van der Waals surface area (Å²) in [6.07, 6.45) is 2.19. The highest BCUT2D eigenvalue weighted by atomic mass is 35.5. The minimum Gasteiger partial charge on any atom is -0.495 e. The number of benzene rings is 2. The fourth-order valence-corrected chi connectivity index (χ4v) is 2.93. The number of aldehydes is 1. The molecule has 3 rings (SSSR count). The number of methoxy groups -OCH3 is 1. The van der Waals surface area contributed by atoms with Gasteiger partial charge in [0.2, 0.25) is 0 Å². The lowest BCUT2D eigenvalue weighted by Gasteiger charge is -2.14. The molecule has 1 heterocycles. The molecule has 5 nitrogen and oxygen atoms in total. The molecule has 0 unspecified atom stereocenters. The van der Waals surface area contributed by atoms with Crippen molar-refractivity contribution in [3.8, 4) is 11.8 Å². The van der Waals surface area contributed by atoms with E-state index in [4.69, 9.17) is 27.9 Å². The van der Waals surface area contributed by atoms with E-state index in [1.807, 2.05) is 0 Å². The molecule has 25 heavy (non-hydrogen) atoms. The van der Waals surface area contributed by atoms with Gasteiger partial charge in [0, 0.05) is 23.2 Å². The van der Waals surface area contributed by atoms with Gasteiger partial charge in [-0.2, -0.15) is 5.26 Å². The zero-order chi connectivity index (χ0) is 18.0. The molecular weight excluding hydrogens is 361 g/mol. The fraction of sp³-hybridized carbons (Fsp3) is 0.0556. The summed E-state index contributed by atoms with van der Waals surface area (Å²) < 4.78 is 5.21. The van der Waals surface area contributed by atoms with Gasteiger partial charge in [0.1, 0.15) is 18.1 Å². The maximum atomic E-state index is 11.0. The zero-order valence-electron chi connectivity index (χ0n) is 13.0. The quantitative estimate of drug-likeness (QED) is 0.654. The third-order valence-corrected chi connectivity index (χ3v) is 4.26. The van der Waals surface area contributed by atoms with Gasteiger partial charge in [0.05, 0.1) is 39.6 Å². The number of nitrogens with zero attached hydrogens (tertiary/aromatic N) is 2. The average Bonchev–Trinajstić information content (AvgIpc) is 2.63. The number of carbonyl (C=O) groups is 1. The normalized spacial score (nSPS) is 10.3. The first-order valence-electron chi connectivity index (χ1n) is 7.15. The first-order valence-corrected chi connectivity index (χ1v) is 7.91. The highest BCUT2D eigenvalue weighted by molar-refractivity contribution is 6.37. The Balaban J connectivity index is 2.18. The van der Waals surface area contributed by atoms with Crippen LogP contribution in [0.15, 0.2) is 36.5 Å². The number of nitrogens with one attached hydrogen (secondary N) is 1. The largest absolute Gasteiger partial charge is 0.495 e. The standard InChI is InChI=1S/C18H11Cl2N3O2/c1-25-17-6-16(13(19)5-14(17)20)23-18-11(7-21)8-22-15-4-10(9-24)2-3-12(15)18/h2-6,8-9H,1H3,(H,22,23). The van der Waals surface area contributed by atoms with E-state index in [2.05, 4.69) is 16.4 Å². The highest BCUT2D eigenvalue weighted by Gasteiger charge is 2.13. The monoisotopic (exact) mass is 371 g/mol. The van der Waals surface area contributed by atoms with Crippen molar-refractivity contribution < 1.29 is 9.53 Å². The number of halogens is 2. The van der Waals surface area contributed by atoms with Gasteiger partial charge < -0.3 is 10.1 Å². The summed E-state index contributed by atoms with van der Waals surface area (Å²) in [5.41, 5.74) is 2.50. The van der Waals surface area contributed by atoms with E-state index >= 15 is 0 Å². The third kappa shape index (κ3) is 3.22. The Kier molecular flexibility index (Phi) is 4.75. The molecular formula is C18H11Cl2N3O2. The van der Waals surface area contributed by atoms with Gasteiger partial charge in [-0.05, 0) is 18.2 Å². The summed E-state index contributed by atoms with van der Waals surface area (Å²) >= 11 is 12.3. The van der Waals surface area contributed by atoms with E-state index in [0.29, 0.717) is 49.2 Å². The summed E-state index contributed by atoms with van der Waals surface area (Å²) in [6.45, 7) is 0. The molecule has 0 fully saturated rings. The van der Waals surface area contributed by atoms with Gasteiger partial charge in [0.15, 0.2) is 0 Å². The molecule has 0 spiro atoms. The highest BCUT2D eigenvalue weighted by Crippen LogP contribution is 2.37. The molecule has 1 aromatic heterocycles. The van der Waals surface area contributed by atoms with Gasteiger partial charge in [-0.3, -0.25) is 9.78 Å². The van der Waals surface area contributed by atoms with Crippen LogP contribution in [0.4, 0.5) is 11.4 Å². The predicted octanol–water partition coefficient (Wildman–Crippen LogP) is 4.98. The van der Waals surface area contributed by atoms with Crippen molar-refractivity contribution in [2.75, 3.05) is 12.4 Å². The van der Waals surface area contributed by atoms with E-state index in [-0.39, 0.29) is 0 Å². The van der Waals surface area contributed by atoms with E-state index in [9.17, 15) is 10.1 Å². The molecule has 2 aromatic carbocycles. The number of rotatable bonds is 4. The smallest absolute Gasteiger partial charge is 0.150 e. The maximum absolute atomic E-state index is 11.0. The van der Waals surface area contributed by atoms with E-state index in [1.54, 1.807) is 30.3 Å². The van der Waals surface area contributed by atoms with Crippen molar-refractivity contribution >= 4 is 51.8 Å². The van der Waals surface area contributed by atoms with Crippen LogP contribution in [0.1, 0.15) is 15.9 Å². The van der Waals surface area contributed by atoms with Crippen molar-refractivity contribution in [2.45, 2.75) is 0 Å². The molecule has 0 saturated carbocycles. The Morgan fingerprint density at radius 1 is 1.24 bits per heavy atom. The van der Waals surface area contributed by atoms with Crippen molar-refractivity contribution in [3.63, 3.8) is 0 Å². The summed E-state index contributed by atoms with van der Waals surface area (Å²) in [5, 5.41) is 14.0. The zero-order valence-corrected chi connectivity index (χ0v) is 14.5. The molecule has 0 radical (unpaired) electrons. The summed E-state index contributed by atoms with van der Waals surface area (Å²) in [6, 6.07) is 10.4. The Labute approximate surface area is 153 Å². The van der Waals surface area contributed by atoms with Crippen LogP contribution in [0.5, 0.6) is 5.75 Å². The Morgan fingerprint density at radius 3 is 2.72 bits per heavy atom. The molecule has 7 heteroatoms. The molecule has 0 aliphatic rings. The van der Waals surface area contributed by atoms with Crippen molar-refractivity contribution in [1.29, 1.82) is 5.26 Å². The molecule has 0 aliphatic carbocycles. The molecule has 3 aromatic rings. The van der Waals surface area contributed by atoms with Crippen LogP contribution in [0.3, 0.4) is 0 Å². The molecule has 0 saturated heterocycles. The molecule has 124 valence electrons. The second-order valence-corrected chi connectivity index (χ2v) is 5.96. The van der Waals surface area contributed by atoms with Gasteiger partial charge in [0.25, 0.3) is 0 Å². The Hall–Kier alpha value is -2.81. The van der Waals surface area contributed by atoms with Gasteiger partial charge >= 0.3 is 0 Å². The van der Waals surface area contributed by atoms with Crippen molar-refractivity contribution in [3.05, 3.63) is 57.7 Å². The van der Waals surface area contributed by atoms with Crippen LogP contribution >= 0.6 is 23.2 Å². The minimum atomic E-state index is 0.344. The first-order chi connectivity index (χ1) is 12.1. The molecule has 0 amide bonds. The summed E-state index contributed by atoms with van der Waals surface area (Å²) in [5.74, 6) is 0.452. The molecule has 0 atom stereocenters. The molecule has 1 N–H and O–H groups in total. The van der Waals surface area contributed by atoms with Crippen LogP contribution in [-0.4, -0.2) is 18.4 Å². The fourth-order valence-electron chi connectivity index (χ4n) is 2.42. The lowest BCUT2D eigenvalue weighted by molar-refractivity contribution is 0.112. The second kappa shape index (κ2) is 6.98. The van der Waals surface area contributed by atoms with E-state index < -0.39 is 0 Å². The van der Waals surface area contributed by atoms with E-state index in [1.165, 1.54) is 13.3 Å². The average molecular weight is 372 g/mol. The number of fused-ring (bicyclic) bond motifs is 1. The van der Waals surface area contributed by atoms with E-state index in [0.717, 1.165) is 6.29 Å². The Bertz CT molecular complexity index is 1030. The van der Waals surface area contributed by atoms with Crippen molar-refractivity contribution in [2.24, 2.45) is 0 Å². The summed E-state index contributed by atoms with van der Waals surface area (Å²) in [4.78, 5) is 15.2. The van der Waals surface area contributed by atoms with Crippen LogP contribution in [-0.2, 0) is 0 Å². The number of ether oxygens (including phenoxy) is 1. The molecule has 0 aliphatic heterocycles. The summed E-state index contributed by atoms with van der Waals surface area (Å²) in [7, 11) is 1.50. The van der Waals surface area contributed by atoms with Gasteiger partial charge in [-0.1, -0.05) is 29.3 Å². The number of hydrogen-bond acceptors (Lipinski definition) is 5. The minimum absolute atomic E-state index is 0.344. The topological polar surface area (TPSA) is 75.0 Å². The van der Waals surface area contributed by atoms with Crippen LogP contribution in [0, 0.1) is 11.3 Å². The van der Waals surface area contributed by atoms with Crippen LogP contribution in [0.2, 0.25) is 10.0 Å². The number of aromatic nitrogens is 1. The van der Waals surface area contributed by atoms with Crippen molar-refractivity contribution in [1.82, 2.24) is 4.98 Å². The lowest BCUT2D eigenvalue weighted by atomic mass is 10.1. The van der Waals surface area contributed by atoms with Gasteiger partial charge in [-0.25, -0.2) is 0 Å².